The molecule has 0 aliphatic carbocycles. The Balaban J connectivity index is 1.81. The fourth-order valence-corrected chi connectivity index (χ4v) is 2.54. The van der Waals surface area contributed by atoms with Crippen LogP contribution in [0.4, 0.5) is 15.8 Å². The van der Waals surface area contributed by atoms with Gasteiger partial charge in [-0.1, -0.05) is 12.1 Å². The highest BCUT2D eigenvalue weighted by Gasteiger charge is 2.39. The van der Waals surface area contributed by atoms with E-state index in [4.69, 9.17) is 0 Å². The lowest BCUT2D eigenvalue weighted by molar-refractivity contribution is -0.121. The van der Waals surface area contributed by atoms with Crippen LogP contribution < -0.4 is 10.2 Å². The van der Waals surface area contributed by atoms with Crippen molar-refractivity contribution in [1.82, 2.24) is 0 Å². The summed E-state index contributed by atoms with van der Waals surface area (Å²) >= 11 is 0. The first kappa shape index (κ1) is 14.3. The molecular formula is C17H15FN2O2. The summed E-state index contributed by atoms with van der Waals surface area (Å²) in [6, 6.07) is 12.3. The number of imide groups is 1. The van der Waals surface area contributed by atoms with E-state index in [1.54, 1.807) is 0 Å². The van der Waals surface area contributed by atoms with E-state index >= 15 is 0 Å². The topological polar surface area (TPSA) is 49.4 Å². The average Bonchev–Trinajstić information content (AvgIpc) is 2.75. The van der Waals surface area contributed by atoms with Crippen LogP contribution in [-0.4, -0.2) is 17.9 Å². The van der Waals surface area contributed by atoms with Crippen molar-refractivity contribution in [3.63, 3.8) is 0 Å². The molecule has 1 saturated heterocycles. The maximum atomic E-state index is 13.0. The van der Waals surface area contributed by atoms with Gasteiger partial charge >= 0.3 is 0 Å². The minimum Gasteiger partial charge on any atom is -0.373 e. The van der Waals surface area contributed by atoms with Crippen LogP contribution in [0.25, 0.3) is 0 Å². The van der Waals surface area contributed by atoms with Gasteiger partial charge in [-0.15, -0.1) is 0 Å². The second kappa shape index (κ2) is 5.60. The highest BCUT2D eigenvalue weighted by molar-refractivity contribution is 6.23. The van der Waals surface area contributed by atoms with E-state index in [2.05, 4.69) is 5.32 Å². The van der Waals surface area contributed by atoms with Gasteiger partial charge in [-0.3, -0.25) is 9.59 Å². The third-order valence-corrected chi connectivity index (χ3v) is 3.59. The van der Waals surface area contributed by atoms with Crippen LogP contribution in [0.3, 0.4) is 0 Å². The number of anilines is 2. The average molecular weight is 298 g/mol. The molecule has 1 aliphatic heterocycles. The number of aryl methyl sites for hydroxylation is 1. The Morgan fingerprint density at radius 2 is 1.86 bits per heavy atom. The molecule has 1 fully saturated rings. The summed E-state index contributed by atoms with van der Waals surface area (Å²) in [7, 11) is 0. The number of rotatable bonds is 3. The first-order valence-electron chi connectivity index (χ1n) is 7.00. The summed E-state index contributed by atoms with van der Waals surface area (Å²) in [5.41, 5.74) is 2.26. The summed E-state index contributed by atoms with van der Waals surface area (Å²) in [5, 5.41) is 3.09. The fraction of sp³-hybridized carbons (Fsp3) is 0.176. The number of carbonyl (C=O) groups is 2. The minimum absolute atomic E-state index is 0.0875. The molecule has 1 atom stereocenters. The van der Waals surface area contributed by atoms with Gasteiger partial charge in [0, 0.05) is 5.69 Å². The molecule has 2 aromatic rings. The van der Waals surface area contributed by atoms with E-state index < -0.39 is 11.9 Å². The van der Waals surface area contributed by atoms with Crippen molar-refractivity contribution in [3.8, 4) is 0 Å². The lowest BCUT2D eigenvalue weighted by atomic mass is 10.2. The Hall–Kier alpha value is -2.69. The van der Waals surface area contributed by atoms with E-state index in [0.717, 1.165) is 16.2 Å². The standard InChI is InChI=1S/C17H15FN2O2/c1-11-3-2-4-13(9-11)19-15-10-16(21)20(17(15)22)14-7-5-12(18)6-8-14/h2-9,15,19H,10H2,1H3/t15-/m1/s1. The summed E-state index contributed by atoms with van der Waals surface area (Å²) in [6.45, 7) is 1.96. The van der Waals surface area contributed by atoms with Crippen LogP contribution in [0.1, 0.15) is 12.0 Å². The quantitative estimate of drug-likeness (QED) is 0.886. The van der Waals surface area contributed by atoms with Crippen LogP contribution in [0.2, 0.25) is 0 Å². The summed E-state index contributed by atoms with van der Waals surface area (Å²) in [4.78, 5) is 25.7. The Bertz CT molecular complexity index is 728. The molecule has 4 nitrogen and oxygen atoms in total. The molecule has 112 valence electrons. The predicted molar refractivity (Wildman–Crippen MR) is 82.1 cm³/mol. The van der Waals surface area contributed by atoms with E-state index in [0.29, 0.717) is 5.69 Å². The van der Waals surface area contributed by atoms with Crippen molar-refractivity contribution in [2.24, 2.45) is 0 Å². The first-order valence-corrected chi connectivity index (χ1v) is 7.00. The van der Waals surface area contributed by atoms with E-state index in [1.807, 2.05) is 31.2 Å². The molecule has 0 aromatic heterocycles. The number of benzene rings is 2. The molecule has 0 unspecified atom stereocenters. The van der Waals surface area contributed by atoms with Gasteiger partial charge in [0.25, 0.3) is 5.91 Å². The van der Waals surface area contributed by atoms with Gasteiger partial charge in [0.05, 0.1) is 12.1 Å². The van der Waals surface area contributed by atoms with Gasteiger partial charge in [-0.2, -0.15) is 0 Å². The molecule has 0 spiro atoms. The number of carbonyl (C=O) groups excluding carboxylic acids is 2. The third kappa shape index (κ3) is 2.70. The molecule has 1 heterocycles. The number of amides is 2. The zero-order valence-electron chi connectivity index (χ0n) is 12.0. The molecule has 0 radical (unpaired) electrons. The third-order valence-electron chi connectivity index (χ3n) is 3.59. The maximum absolute atomic E-state index is 13.0. The van der Waals surface area contributed by atoms with Gasteiger partial charge in [-0.05, 0) is 48.9 Å². The van der Waals surface area contributed by atoms with Crippen molar-refractivity contribution >= 4 is 23.2 Å². The van der Waals surface area contributed by atoms with Crippen molar-refractivity contribution in [1.29, 1.82) is 0 Å². The maximum Gasteiger partial charge on any atom is 0.256 e. The van der Waals surface area contributed by atoms with Gasteiger partial charge in [0.2, 0.25) is 5.91 Å². The van der Waals surface area contributed by atoms with Gasteiger partial charge < -0.3 is 5.32 Å². The molecule has 0 saturated carbocycles. The van der Waals surface area contributed by atoms with Gasteiger partial charge in [-0.25, -0.2) is 9.29 Å². The normalized spacial score (nSPS) is 17.9. The van der Waals surface area contributed by atoms with Crippen LogP contribution in [-0.2, 0) is 9.59 Å². The smallest absolute Gasteiger partial charge is 0.256 e. The summed E-state index contributed by atoms with van der Waals surface area (Å²) in [6.07, 6.45) is 0.0875. The second-order valence-electron chi connectivity index (χ2n) is 5.31. The number of hydrogen-bond donors (Lipinski definition) is 1. The number of hydrogen-bond acceptors (Lipinski definition) is 3. The summed E-state index contributed by atoms with van der Waals surface area (Å²) in [5.74, 6) is -1.02. The lowest BCUT2D eigenvalue weighted by Gasteiger charge is -2.16. The highest BCUT2D eigenvalue weighted by atomic mass is 19.1. The Morgan fingerprint density at radius 3 is 2.55 bits per heavy atom. The van der Waals surface area contributed by atoms with Crippen LogP contribution in [0.15, 0.2) is 48.5 Å². The Kier molecular flexibility index (Phi) is 3.63. The molecule has 5 heteroatoms. The monoisotopic (exact) mass is 298 g/mol. The Labute approximate surface area is 127 Å². The van der Waals surface area contributed by atoms with Crippen molar-refractivity contribution in [2.45, 2.75) is 19.4 Å². The second-order valence-corrected chi connectivity index (χ2v) is 5.31. The zero-order valence-corrected chi connectivity index (χ0v) is 12.0. The van der Waals surface area contributed by atoms with Crippen LogP contribution in [0, 0.1) is 12.7 Å². The lowest BCUT2D eigenvalue weighted by Crippen LogP contribution is -2.34. The molecule has 3 rings (SSSR count). The molecule has 0 bridgehead atoms. The number of nitrogens with one attached hydrogen (secondary N) is 1. The summed E-state index contributed by atoms with van der Waals surface area (Å²) < 4.78 is 13.0. The molecule has 1 aliphatic rings. The highest BCUT2D eigenvalue weighted by Crippen LogP contribution is 2.25. The number of halogens is 1. The van der Waals surface area contributed by atoms with E-state index in [1.165, 1.54) is 24.3 Å². The SMILES string of the molecule is Cc1cccc(N[C@@H]2CC(=O)N(c3ccc(F)cc3)C2=O)c1. The molecule has 22 heavy (non-hydrogen) atoms. The van der Waals surface area contributed by atoms with E-state index in [-0.39, 0.29) is 18.2 Å². The van der Waals surface area contributed by atoms with Crippen LogP contribution >= 0.6 is 0 Å². The van der Waals surface area contributed by atoms with Crippen LogP contribution in [0.5, 0.6) is 0 Å². The van der Waals surface area contributed by atoms with Gasteiger partial charge in [0.1, 0.15) is 11.9 Å². The fourth-order valence-electron chi connectivity index (χ4n) is 2.54. The minimum atomic E-state index is -0.598. The molecule has 2 aromatic carbocycles. The zero-order chi connectivity index (χ0) is 15.7. The van der Waals surface area contributed by atoms with Crippen molar-refractivity contribution in [3.05, 3.63) is 59.9 Å². The van der Waals surface area contributed by atoms with Crippen molar-refractivity contribution < 1.29 is 14.0 Å². The van der Waals surface area contributed by atoms with E-state index in [9.17, 15) is 14.0 Å². The first-order chi connectivity index (χ1) is 10.5. The van der Waals surface area contributed by atoms with Gasteiger partial charge in [0.15, 0.2) is 0 Å². The molecule has 2 amide bonds. The molecule has 1 N–H and O–H groups in total. The Morgan fingerprint density at radius 1 is 1.14 bits per heavy atom. The predicted octanol–water partition coefficient (Wildman–Crippen LogP) is 2.88. The number of nitrogens with zero attached hydrogens (tertiary/aromatic N) is 1. The van der Waals surface area contributed by atoms with Crippen molar-refractivity contribution in [2.75, 3.05) is 10.2 Å². The largest absolute Gasteiger partial charge is 0.373 e. The molecular weight excluding hydrogens is 283 g/mol.